The molecule has 1 amide bonds. The summed E-state index contributed by atoms with van der Waals surface area (Å²) >= 11 is 0. The molecule has 0 atom stereocenters. The van der Waals surface area contributed by atoms with Crippen LogP contribution >= 0.6 is 0 Å². The molecular formula is C18H17NO5. The van der Waals surface area contributed by atoms with E-state index in [1.165, 1.54) is 32.0 Å². The van der Waals surface area contributed by atoms with Crippen LogP contribution in [0.25, 0.3) is 0 Å². The summed E-state index contributed by atoms with van der Waals surface area (Å²) in [5.74, 6) is -1.26. The van der Waals surface area contributed by atoms with Crippen LogP contribution in [0.2, 0.25) is 0 Å². The fourth-order valence-corrected chi connectivity index (χ4v) is 1.99. The normalized spacial score (nSPS) is 9.96. The maximum absolute atomic E-state index is 12.4. The lowest BCUT2D eigenvalue weighted by atomic mass is 10.1. The number of hydrogen-bond donors (Lipinski definition) is 1. The number of rotatable bonds is 4. The van der Waals surface area contributed by atoms with Gasteiger partial charge in [0.15, 0.2) is 0 Å². The van der Waals surface area contributed by atoms with Crippen LogP contribution in [0.3, 0.4) is 0 Å². The number of amides is 1. The Bertz CT molecular complexity index is 746. The summed E-state index contributed by atoms with van der Waals surface area (Å²) in [4.78, 5) is 34.6. The molecule has 0 aliphatic rings. The van der Waals surface area contributed by atoms with Crippen molar-refractivity contribution in [3.05, 3.63) is 53.6 Å². The molecule has 0 fully saturated rings. The van der Waals surface area contributed by atoms with Crippen molar-refractivity contribution in [1.82, 2.24) is 0 Å². The van der Waals surface area contributed by atoms with Gasteiger partial charge in [0.05, 0.1) is 0 Å². The van der Waals surface area contributed by atoms with Gasteiger partial charge < -0.3 is 14.8 Å². The second-order valence-corrected chi connectivity index (χ2v) is 5.20. The van der Waals surface area contributed by atoms with Gasteiger partial charge in [-0.25, -0.2) is 0 Å². The smallest absolute Gasteiger partial charge is 0.308 e. The molecule has 0 saturated carbocycles. The fraction of sp³-hybridized carbons (Fsp3) is 0.167. The van der Waals surface area contributed by atoms with E-state index >= 15 is 0 Å². The summed E-state index contributed by atoms with van der Waals surface area (Å²) in [6.45, 7) is 4.43. The summed E-state index contributed by atoms with van der Waals surface area (Å²) in [6.07, 6.45) is 0. The number of carbonyl (C=O) groups excluding carboxylic acids is 3. The molecule has 0 spiro atoms. The van der Waals surface area contributed by atoms with Gasteiger partial charge in [-0.1, -0.05) is 17.7 Å². The van der Waals surface area contributed by atoms with Crippen molar-refractivity contribution in [1.29, 1.82) is 0 Å². The molecule has 2 rings (SSSR count). The minimum Gasteiger partial charge on any atom is -0.427 e. The van der Waals surface area contributed by atoms with Gasteiger partial charge in [0.25, 0.3) is 5.91 Å². The van der Waals surface area contributed by atoms with Crippen LogP contribution in [-0.4, -0.2) is 17.8 Å². The highest BCUT2D eigenvalue weighted by Gasteiger charge is 2.13. The number of anilines is 1. The van der Waals surface area contributed by atoms with E-state index in [4.69, 9.17) is 9.47 Å². The van der Waals surface area contributed by atoms with E-state index in [9.17, 15) is 14.4 Å². The van der Waals surface area contributed by atoms with Crippen LogP contribution in [0, 0.1) is 6.92 Å². The molecule has 1 N–H and O–H groups in total. The average Bonchev–Trinajstić information content (AvgIpc) is 2.48. The Morgan fingerprint density at radius 3 is 1.79 bits per heavy atom. The maximum Gasteiger partial charge on any atom is 0.308 e. The molecule has 6 nitrogen and oxygen atoms in total. The van der Waals surface area contributed by atoms with Gasteiger partial charge in [0.2, 0.25) is 0 Å². The van der Waals surface area contributed by atoms with Crippen LogP contribution in [0.15, 0.2) is 42.5 Å². The SMILES string of the molecule is CC(=O)Oc1cc(OC(C)=O)cc(C(=O)Nc2ccc(C)cc2)c1. The molecule has 124 valence electrons. The highest BCUT2D eigenvalue weighted by Crippen LogP contribution is 2.24. The van der Waals surface area contributed by atoms with Crippen molar-refractivity contribution in [3.8, 4) is 11.5 Å². The van der Waals surface area contributed by atoms with Crippen LogP contribution in [0.5, 0.6) is 11.5 Å². The monoisotopic (exact) mass is 327 g/mol. The molecule has 0 unspecified atom stereocenters. The van der Waals surface area contributed by atoms with Crippen LogP contribution in [0.4, 0.5) is 5.69 Å². The first-order chi connectivity index (χ1) is 11.3. The Balaban J connectivity index is 2.28. The average molecular weight is 327 g/mol. The van der Waals surface area contributed by atoms with E-state index in [0.29, 0.717) is 5.69 Å². The third-order valence-electron chi connectivity index (χ3n) is 2.97. The molecule has 0 aliphatic carbocycles. The zero-order valence-electron chi connectivity index (χ0n) is 13.6. The predicted octanol–water partition coefficient (Wildman–Crippen LogP) is 3.10. The standard InChI is InChI=1S/C18H17NO5/c1-11-4-6-15(7-5-11)19-18(22)14-8-16(23-12(2)20)10-17(9-14)24-13(3)21/h4-10H,1-3H3,(H,19,22). The van der Waals surface area contributed by atoms with Crippen molar-refractivity contribution >= 4 is 23.5 Å². The summed E-state index contributed by atoms with van der Waals surface area (Å²) in [5, 5.41) is 2.73. The maximum atomic E-state index is 12.4. The number of benzene rings is 2. The van der Waals surface area contributed by atoms with E-state index < -0.39 is 17.8 Å². The Labute approximate surface area is 139 Å². The molecule has 24 heavy (non-hydrogen) atoms. The molecule has 2 aromatic carbocycles. The van der Waals surface area contributed by atoms with Crippen molar-refractivity contribution < 1.29 is 23.9 Å². The minimum absolute atomic E-state index is 0.121. The fourth-order valence-electron chi connectivity index (χ4n) is 1.99. The van der Waals surface area contributed by atoms with E-state index in [1.54, 1.807) is 12.1 Å². The molecule has 0 bridgehead atoms. The third-order valence-corrected chi connectivity index (χ3v) is 2.97. The molecule has 0 heterocycles. The van der Waals surface area contributed by atoms with Crippen molar-refractivity contribution in [3.63, 3.8) is 0 Å². The summed E-state index contributed by atoms with van der Waals surface area (Å²) in [7, 11) is 0. The van der Waals surface area contributed by atoms with E-state index in [2.05, 4.69) is 5.32 Å². The molecule has 0 aromatic heterocycles. The summed E-state index contributed by atoms with van der Waals surface area (Å²) in [6, 6.07) is 11.5. The van der Waals surface area contributed by atoms with Gasteiger partial charge in [-0.05, 0) is 31.2 Å². The first-order valence-electron chi connectivity index (χ1n) is 7.23. The number of hydrogen-bond acceptors (Lipinski definition) is 5. The highest BCUT2D eigenvalue weighted by molar-refractivity contribution is 6.05. The van der Waals surface area contributed by atoms with Crippen LogP contribution in [-0.2, 0) is 9.59 Å². The molecule has 0 aliphatic heterocycles. The number of nitrogens with one attached hydrogen (secondary N) is 1. The zero-order valence-corrected chi connectivity index (χ0v) is 13.6. The Hall–Kier alpha value is -3.15. The largest absolute Gasteiger partial charge is 0.427 e. The first kappa shape index (κ1) is 17.2. The Kier molecular flexibility index (Phi) is 5.31. The van der Waals surface area contributed by atoms with Gasteiger partial charge >= 0.3 is 11.9 Å². The van der Waals surface area contributed by atoms with E-state index in [0.717, 1.165) is 5.56 Å². The van der Waals surface area contributed by atoms with Crippen molar-refractivity contribution in [2.75, 3.05) is 5.32 Å². The number of esters is 2. The van der Waals surface area contributed by atoms with E-state index in [1.807, 2.05) is 19.1 Å². The quantitative estimate of drug-likeness (QED) is 0.689. The number of ether oxygens (including phenoxy) is 2. The highest BCUT2D eigenvalue weighted by atomic mass is 16.5. The van der Waals surface area contributed by atoms with Crippen LogP contribution < -0.4 is 14.8 Å². The Morgan fingerprint density at radius 1 is 0.833 bits per heavy atom. The first-order valence-corrected chi connectivity index (χ1v) is 7.23. The van der Waals surface area contributed by atoms with Gasteiger partial charge in [-0.3, -0.25) is 14.4 Å². The predicted molar refractivity (Wildman–Crippen MR) is 88.2 cm³/mol. The Morgan fingerprint density at radius 2 is 1.33 bits per heavy atom. The van der Waals surface area contributed by atoms with Crippen molar-refractivity contribution in [2.45, 2.75) is 20.8 Å². The summed E-state index contributed by atoms with van der Waals surface area (Å²) < 4.78 is 9.97. The van der Waals surface area contributed by atoms with Gasteiger partial charge in [-0.2, -0.15) is 0 Å². The van der Waals surface area contributed by atoms with Crippen LogP contribution in [0.1, 0.15) is 29.8 Å². The van der Waals surface area contributed by atoms with Crippen molar-refractivity contribution in [2.24, 2.45) is 0 Å². The lowest BCUT2D eigenvalue weighted by Crippen LogP contribution is -2.13. The van der Waals surface area contributed by atoms with Gasteiger partial charge in [0.1, 0.15) is 11.5 Å². The molecule has 0 saturated heterocycles. The zero-order chi connectivity index (χ0) is 17.7. The summed E-state index contributed by atoms with van der Waals surface area (Å²) in [5.41, 5.74) is 1.89. The number of aryl methyl sites for hydroxylation is 1. The molecule has 0 radical (unpaired) electrons. The van der Waals surface area contributed by atoms with Gasteiger partial charge in [0, 0.05) is 31.2 Å². The molecular weight excluding hydrogens is 310 g/mol. The molecule has 6 heteroatoms. The second kappa shape index (κ2) is 7.41. The topological polar surface area (TPSA) is 81.7 Å². The molecule has 2 aromatic rings. The lowest BCUT2D eigenvalue weighted by molar-refractivity contribution is -0.132. The number of carbonyl (C=O) groups is 3. The lowest BCUT2D eigenvalue weighted by Gasteiger charge is -2.10. The second-order valence-electron chi connectivity index (χ2n) is 5.20. The van der Waals surface area contributed by atoms with E-state index in [-0.39, 0.29) is 17.1 Å². The van der Waals surface area contributed by atoms with Gasteiger partial charge in [-0.15, -0.1) is 0 Å². The third kappa shape index (κ3) is 4.95. The minimum atomic E-state index is -0.542.